The van der Waals surface area contributed by atoms with Gasteiger partial charge in [-0.15, -0.1) is 0 Å². The Morgan fingerprint density at radius 3 is 2.67 bits per heavy atom. The van der Waals surface area contributed by atoms with Crippen molar-refractivity contribution in [2.45, 2.75) is 6.54 Å². The maximum absolute atomic E-state index is 12.8. The predicted molar refractivity (Wildman–Crippen MR) is 93.1 cm³/mol. The Morgan fingerprint density at radius 2 is 1.96 bits per heavy atom. The van der Waals surface area contributed by atoms with Crippen molar-refractivity contribution >= 4 is 28.1 Å². The van der Waals surface area contributed by atoms with E-state index in [0.717, 1.165) is 33.5 Å². The first kappa shape index (κ1) is 14.5. The van der Waals surface area contributed by atoms with Crippen molar-refractivity contribution < 1.29 is 9.53 Å². The third kappa shape index (κ3) is 2.08. The molecule has 6 heteroatoms. The van der Waals surface area contributed by atoms with Crippen LogP contribution in [0.3, 0.4) is 0 Å². The van der Waals surface area contributed by atoms with E-state index in [2.05, 4.69) is 10.4 Å². The molecule has 1 aliphatic rings. The lowest BCUT2D eigenvalue weighted by Crippen LogP contribution is -2.26. The average molecular weight is 320 g/mol. The second kappa shape index (κ2) is 5.50. The van der Waals surface area contributed by atoms with Crippen molar-refractivity contribution in [1.82, 2.24) is 4.98 Å². The number of anilines is 2. The van der Waals surface area contributed by atoms with E-state index >= 15 is 0 Å². The van der Waals surface area contributed by atoms with Crippen molar-refractivity contribution in [3.63, 3.8) is 0 Å². The number of amides is 1. The van der Waals surface area contributed by atoms with Crippen LogP contribution in [0, 0.1) is 0 Å². The highest BCUT2D eigenvalue weighted by atomic mass is 16.5. The maximum atomic E-state index is 12.8. The molecule has 0 saturated heterocycles. The third-order valence-electron chi connectivity index (χ3n) is 4.32. The lowest BCUT2D eigenvalue weighted by Gasteiger charge is -2.18. The summed E-state index contributed by atoms with van der Waals surface area (Å²) < 4.78 is 5.18. The molecule has 0 fully saturated rings. The minimum atomic E-state index is -0.0481. The van der Waals surface area contributed by atoms with E-state index in [1.165, 1.54) is 0 Å². The van der Waals surface area contributed by atoms with E-state index in [0.29, 0.717) is 12.1 Å². The molecule has 1 amide bonds. The number of nitrogens with one attached hydrogen (secondary N) is 1. The molecule has 3 aromatic rings. The quantitative estimate of drug-likeness (QED) is 0.570. The molecule has 1 aliphatic heterocycles. The van der Waals surface area contributed by atoms with Crippen LogP contribution in [0.5, 0.6) is 5.75 Å². The molecule has 120 valence electrons. The summed E-state index contributed by atoms with van der Waals surface area (Å²) in [7, 11) is 1.63. The predicted octanol–water partition coefficient (Wildman–Crippen LogP) is 2.69. The van der Waals surface area contributed by atoms with Crippen LogP contribution >= 0.6 is 0 Å². The standard InChI is InChI=1S/C18H16N4O2/c1-24-12-4-2-11(3-5-12)10-22-16-7-6-15(21-19)13-8-20-9-14(17(13)16)18(22)23/h2-9,21H,10,19H2,1H3. The highest BCUT2D eigenvalue weighted by molar-refractivity contribution is 6.26. The monoisotopic (exact) mass is 320 g/mol. The number of ether oxygens (including phenoxy) is 1. The van der Waals surface area contributed by atoms with Gasteiger partial charge >= 0.3 is 0 Å². The summed E-state index contributed by atoms with van der Waals surface area (Å²) in [5, 5.41) is 1.73. The van der Waals surface area contributed by atoms with Gasteiger partial charge in [0.15, 0.2) is 0 Å². The van der Waals surface area contributed by atoms with Gasteiger partial charge < -0.3 is 15.1 Å². The molecule has 0 atom stereocenters. The normalized spacial score (nSPS) is 12.8. The number of carbonyl (C=O) groups is 1. The zero-order valence-electron chi connectivity index (χ0n) is 13.1. The van der Waals surface area contributed by atoms with E-state index < -0.39 is 0 Å². The topological polar surface area (TPSA) is 80.5 Å². The van der Waals surface area contributed by atoms with E-state index in [4.69, 9.17) is 10.6 Å². The number of nitrogens with zero attached hydrogens (tertiary/aromatic N) is 2. The fourth-order valence-corrected chi connectivity index (χ4v) is 3.11. The molecular weight excluding hydrogens is 304 g/mol. The molecule has 1 aromatic heterocycles. The highest BCUT2D eigenvalue weighted by Crippen LogP contribution is 2.40. The van der Waals surface area contributed by atoms with Gasteiger partial charge in [0.25, 0.3) is 5.91 Å². The Hall–Kier alpha value is -3.12. The van der Waals surface area contributed by atoms with Gasteiger partial charge in [0, 0.05) is 23.2 Å². The fourth-order valence-electron chi connectivity index (χ4n) is 3.11. The third-order valence-corrected chi connectivity index (χ3v) is 4.32. The van der Waals surface area contributed by atoms with Crippen LogP contribution in [-0.2, 0) is 6.54 Å². The smallest absolute Gasteiger partial charge is 0.260 e. The van der Waals surface area contributed by atoms with Crippen LogP contribution in [0.4, 0.5) is 11.4 Å². The number of hydrogen-bond acceptors (Lipinski definition) is 5. The molecule has 0 spiro atoms. The van der Waals surface area contributed by atoms with Crippen molar-refractivity contribution in [1.29, 1.82) is 0 Å². The minimum Gasteiger partial charge on any atom is -0.497 e. The van der Waals surface area contributed by atoms with Gasteiger partial charge in [0.2, 0.25) is 0 Å². The van der Waals surface area contributed by atoms with Crippen LogP contribution in [0.1, 0.15) is 15.9 Å². The molecule has 0 radical (unpaired) electrons. The molecule has 2 heterocycles. The Balaban J connectivity index is 1.77. The van der Waals surface area contributed by atoms with Gasteiger partial charge in [-0.3, -0.25) is 15.6 Å². The second-order valence-electron chi connectivity index (χ2n) is 5.63. The van der Waals surface area contributed by atoms with Gasteiger partial charge in [-0.2, -0.15) is 0 Å². The first-order valence-corrected chi connectivity index (χ1v) is 7.55. The molecule has 0 saturated carbocycles. The highest BCUT2D eigenvalue weighted by Gasteiger charge is 2.30. The number of nitrogen functional groups attached to an aromatic ring is 1. The number of benzene rings is 2. The zero-order chi connectivity index (χ0) is 16.7. The van der Waals surface area contributed by atoms with Crippen molar-refractivity contribution in [3.05, 3.63) is 59.9 Å². The Morgan fingerprint density at radius 1 is 1.17 bits per heavy atom. The van der Waals surface area contributed by atoms with E-state index in [-0.39, 0.29) is 5.91 Å². The Labute approximate surface area is 138 Å². The molecule has 3 N–H and O–H groups in total. The van der Waals surface area contributed by atoms with Gasteiger partial charge in [-0.25, -0.2) is 0 Å². The molecule has 24 heavy (non-hydrogen) atoms. The number of carbonyl (C=O) groups excluding carboxylic acids is 1. The van der Waals surface area contributed by atoms with Gasteiger partial charge in [0.1, 0.15) is 5.75 Å². The van der Waals surface area contributed by atoms with Crippen molar-refractivity contribution in [2.24, 2.45) is 5.84 Å². The van der Waals surface area contributed by atoms with Crippen molar-refractivity contribution in [2.75, 3.05) is 17.4 Å². The second-order valence-corrected chi connectivity index (χ2v) is 5.63. The number of hydrogen-bond donors (Lipinski definition) is 2. The summed E-state index contributed by atoms with van der Waals surface area (Å²) in [6, 6.07) is 11.5. The molecule has 0 bridgehead atoms. The molecular formula is C18H16N4O2. The summed E-state index contributed by atoms with van der Waals surface area (Å²) in [6.45, 7) is 0.488. The SMILES string of the molecule is COc1ccc(CN2C(=O)c3cncc4c(NN)ccc2c34)cc1. The summed E-state index contributed by atoms with van der Waals surface area (Å²) in [5.41, 5.74) is 5.92. The number of hydrazine groups is 1. The number of aromatic nitrogens is 1. The lowest BCUT2D eigenvalue weighted by atomic mass is 10.1. The van der Waals surface area contributed by atoms with Crippen LogP contribution in [-0.4, -0.2) is 18.0 Å². The van der Waals surface area contributed by atoms with Crippen LogP contribution < -0.4 is 20.9 Å². The summed E-state index contributed by atoms with van der Waals surface area (Å²) in [4.78, 5) is 18.8. The number of rotatable bonds is 4. The summed E-state index contributed by atoms with van der Waals surface area (Å²) >= 11 is 0. The first-order valence-electron chi connectivity index (χ1n) is 7.55. The summed E-state index contributed by atoms with van der Waals surface area (Å²) in [5.74, 6) is 6.31. The lowest BCUT2D eigenvalue weighted by molar-refractivity contribution is 0.0991. The molecule has 2 aromatic carbocycles. The molecule has 6 nitrogen and oxygen atoms in total. The number of methoxy groups -OCH3 is 1. The number of pyridine rings is 1. The van der Waals surface area contributed by atoms with Gasteiger partial charge in [-0.1, -0.05) is 12.1 Å². The van der Waals surface area contributed by atoms with E-state index in [1.807, 2.05) is 36.4 Å². The van der Waals surface area contributed by atoms with Crippen LogP contribution in [0.2, 0.25) is 0 Å². The average Bonchev–Trinajstić information content (AvgIpc) is 2.90. The fraction of sp³-hybridized carbons (Fsp3) is 0.111. The zero-order valence-corrected chi connectivity index (χ0v) is 13.1. The Kier molecular flexibility index (Phi) is 3.32. The molecule has 0 unspecified atom stereocenters. The minimum absolute atomic E-state index is 0.0481. The van der Waals surface area contributed by atoms with E-state index in [1.54, 1.807) is 24.4 Å². The first-order chi connectivity index (χ1) is 11.7. The maximum Gasteiger partial charge on any atom is 0.260 e. The summed E-state index contributed by atoms with van der Waals surface area (Å²) in [6.07, 6.45) is 3.34. The van der Waals surface area contributed by atoms with Crippen LogP contribution in [0.25, 0.3) is 10.8 Å². The van der Waals surface area contributed by atoms with Crippen molar-refractivity contribution in [3.8, 4) is 5.75 Å². The number of nitrogens with two attached hydrogens (primary N) is 1. The molecule has 4 rings (SSSR count). The van der Waals surface area contributed by atoms with Gasteiger partial charge in [0.05, 0.1) is 30.6 Å². The Bertz CT molecular complexity index is 938. The van der Waals surface area contributed by atoms with Gasteiger partial charge in [-0.05, 0) is 29.8 Å². The largest absolute Gasteiger partial charge is 0.497 e. The van der Waals surface area contributed by atoms with Crippen LogP contribution in [0.15, 0.2) is 48.8 Å². The van der Waals surface area contributed by atoms with E-state index in [9.17, 15) is 4.79 Å². The molecule has 0 aliphatic carbocycles.